The summed E-state index contributed by atoms with van der Waals surface area (Å²) in [6.07, 6.45) is 26.2. The van der Waals surface area contributed by atoms with Crippen molar-refractivity contribution in [3.05, 3.63) is 35.9 Å². The van der Waals surface area contributed by atoms with E-state index in [1.165, 1.54) is 152 Å². The number of quaternary nitrogens is 1. The lowest BCUT2D eigenvalue weighted by molar-refractivity contribution is -0.938. The molecule has 0 fully saturated rings. The van der Waals surface area contributed by atoms with Gasteiger partial charge in [-0.25, -0.2) is 0 Å². The van der Waals surface area contributed by atoms with Crippen LogP contribution in [0.15, 0.2) is 30.3 Å². The molecular weight excluding hydrogens is 386 g/mol. The number of rotatable bonds is 23. The van der Waals surface area contributed by atoms with Gasteiger partial charge in [0.25, 0.3) is 0 Å². The molecule has 0 aliphatic rings. The first-order chi connectivity index (χ1) is 15.8. The third kappa shape index (κ3) is 15.1. The van der Waals surface area contributed by atoms with Crippen molar-refractivity contribution in [2.45, 2.75) is 143 Å². The van der Waals surface area contributed by atoms with Crippen molar-refractivity contribution in [2.75, 3.05) is 19.6 Å². The molecule has 0 saturated heterocycles. The maximum Gasteiger partial charge on any atom is 0.104 e. The minimum Gasteiger partial charge on any atom is -0.320 e. The Balaban J connectivity index is 1.91. The zero-order valence-electron chi connectivity index (χ0n) is 22.4. The van der Waals surface area contributed by atoms with Gasteiger partial charge in [-0.05, 0) is 26.7 Å². The Hall–Kier alpha value is -0.820. The minimum absolute atomic E-state index is 1.20. The molecule has 0 unspecified atom stereocenters. The van der Waals surface area contributed by atoms with E-state index in [4.69, 9.17) is 0 Å². The first-order valence-electron chi connectivity index (χ1n) is 14.7. The summed E-state index contributed by atoms with van der Waals surface area (Å²) >= 11 is 0. The second-order valence-corrected chi connectivity index (χ2v) is 10.4. The summed E-state index contributed by atoms with van der Waals surface area (Å²) in [5, 5.41) is 0. The largest absolute Gasteiger partial charge is 0.320 e. The predicted molar refractivity (Wildman–Crippen MR) is 145 cm³/mol. The van der Waals surface area contributed by atoms with Crippen molar-refractivity contribution in [1.29, 1.82) is 0 Å². The van der Waals surface area contributed by atoms with Crippen LogP contribution in [0.2, 0.25) is 0 Å². The second kappa shape index (κ2) is 20.8. The summed E-state index contributed by atoms with van der Waals surface area (Å²) in [5.74, 6) is 0. The van der Waals surface area contributed by atoms with E-state index >= 15 is 0 Å². The summed E-state index contributed by atoms with van der Waals surface area (Å²) in [7, 11) is 0. The summed E-state index contributed by atoms with van der Waals surface area (Å²) in [6.45, 7) is 12.1. The molecule has 0 spiro atoms. The number of unbranched alkanes of at least 4 members (excludes halogenated alkanes) is 17. The molecule has 0 radical (unpaired) electrons. The van der Waals surface area contributed by atoms with Crippen molar-refractivity contribution in [3.8, 4) is 0 Å². The Kier molecular flexibility index (Phi) is 19.0. The highest BCUT2D eigenvalue weighted by molar-refractivity contribution is 5.13. The van der Waals surface area contributed by atoms with Gasteiger partial charge in [0, 0.05) is 5.56 Å². The van der Waals surface area contributed by atoms with E-state index in [1.807, 2.05) is 0 Å². The Morgan fingerprint density at radius 1 is 0.469 bits per heavy atom. The van der Waals surface area contributed by atoms with Gasteiger partial charge in [-0.1, -0.05) is 140 Å². The molecule has 1 heteroatoms. The van der Waals surface area contributed by atoms with Crippen LogP contribution < -0.4 is 0 Å². The fourth-order valence-corrected chi connectivity index (χ4v) is 5.16. The molecule has 0 heterocycles. The van der Waals surface area contributed by atoms with Crippen LogP contribution in [0.1, 0.15) is 142 Å². The quantitative estimate of drug-likeness (QED) is 0.116. The van der Waals surface area contributed by atoms with Gasteiger partial charge in [0.2, 0.25) is 0 Å². The molecule has 1 aromatic rings. The summed E-state index contributed by atoms with van der Waals surface area (Å²) in [6, 6.07) is 11.1. The standard InChI is InChI=1S/C31H58N/c1-4-7-8-9-10-11-12-13-14-15-16-17-18-19-20-21-22-26-29-32(5-2,6-3)30-31-27-24-23-25-28-31/h23-25,27-28H,4-22,26,29-30H2,1-3H3/q+1. The van der Waals surface area contributed by atoms with Crippen LogP contribution in [0.25, 0.3) is 0 Å². The lowest BCUT2D eigenvalue weighted by Crippen LogP contribution is -2.47. The third-order valence-electron chi connectivity index (χ3n) is 7.69. The van der Waals surface area contributed by atoms with Crippen LogP contribution in [0.5, 0.6) is 0 Å². The van der Waals surface area contributed by atoms with Gasteiger partial charge < -0.3 is 4.48 Å². The Bertz CT molecular complexity index is 490. The second-order valence-electron chi connectivity index (χ2n) is 10.4. The molecule has 32 heavy (non-hydrogen) atoms. The first-order valence-corrected chi connectivity index (χ1v) is 14.7. The van der Waals surface area contributed by atoms with E-state index in [0.717, 1.165) is 0 Å². The third-order valence-corrected chi connectivity index (χ3v) is 7.69. The molecule has 186 valence electrons. The molecule has 0 amide bonds. The average Bonchev–Trinajstić information content (AvgIpc) is 2.83. The molecule has 1 nitrogen and oxygen atoms in total. The van der Waals surface area contributed by atoms with E-state index < -0.39 is 0 Å². The fourth-order valence-electron chi connectivity index (χ4n) is 5.16. The lowest BCUT2D eigenvalue weighted by atomic mass is 10.0. The number of benzene rings is 1. The molecule has 0 bridgehead atoms. The Labute approximate surface area is 203 Å². The van der Waals surface area contributed by atoms with Gasteiger partial charge in [-0.2, -0.15) is 0 Å². The van der Waals surface area contributed by atoms with Crippen LogP contribution in [0, 0.1) is 0 Å². The first kappa shape index (κ1) is 29.2. The minimum atomic E-state index is 1.20. The topological polar surface area (TPSA) is 0 Å². The van der Waals surface area contributed by atoms with Crippen LogP contribution in [-0.4, -0.2) is 24.1 Å². The molecule has 0 aromatic heterocycles. The van der Waals surface area contributed by atoms with Crippen molar-refractivity contribution >= 4 is 0 Å². The normalized spacial score (nSPS) is 11.8. The maximum atomic E-state index is 2.38. The number of hydrogen-bond donors (Lipinski definition) is 0. The van der Waals surface area contributed by atoms with Gasteiger partial charge in [-0.3, -0.25) is 0 Å². The molecule has 1 rings (SSSR count). The maximum absolute atomic E-state index is 2.38. The molecular formula is C31H58N+. The molecule has 0 aliphatic carbocycles. The molecule has 0 saturated carbocycles. The fraction of sp³-hybridized carbons (Fsp3) is 0.806. The van der Waals surface area contributed by atoms with Gasteiger partial charge in [0.1, 0.15) is 6.54 Å². The molecule has 0 N–H and O–H groups in total. The number of nitrogens with zero attached hydrogens (tertiary/aromatic N) is 1. The van der Waals surface area contributed by atoms with Gasteiger partial charge in [0.05, 0.1) is 19.6 Å². The number of hydrogen-bond acceptors (Lipinski definition) is 0. The highest BCUT2D eigenvalue weighted by Crippen LogP contribution is 2.18. The van der Waals surface area contributed by atoms with Crippen LogP contribution in [0.3, 0.4) is 0 Å². The molecule has 0 atom stereocenters. The zero-order chi connectivity index (χ0) is 23.2. The average molecular weight is 445 g/mol. The van der Waals surface area contributed by atoms with E-state index in [1.54, 1.807) is 0 Å². The van der Waals surface area contributed by atoms with Crippen molar-refractivity contribution in [2.24, 2.45) is 0 Å². The van der Waals surface area contributed by atoms with Crippen molar-refractivity contribution in [1.82, 2.24) is 0 Å². The highest BCUT2D eigenvalue weighted by atomic mass is 15.3. The molecule has 0 aliphatic heterocycles. The predicted octanol–water partition coefficient (Wildman–Crippen LogP) is 10.1. The van der Waals surface area contributed by atoms with Crippen LogP contribution >= 0.6 is 0 Å². The van der Waals surface area contributed by atoms with E-state index in [0.29, 0.717) is 0 Å². The summed E-state index contributed by atoms with van der Waals surface area (Å²) in [5.41, 5.74) is 1.50. The van der Waals surface area contributed by atoms with E-state index in [9.17, 15) is 0 Å². The van der Waals surface area contributed by atoms with E-state index in [-0.39, 0.29) is 0 Å². The van der Waals surface area contributed by atoms with Crippen LogP contribution in [0.4, 0.5) is 0 Å². The Morgan fingerprint density at radius 3 is 1.22 bits per heavy atom. The lowest BCUT2D eigenvalue weighted by Gasteiger charge is -2.37. The summed E-state index contributed by atoms with van der Waals surface area (Å²) < 4.78 is 1.25. The van der Waals surface area contributed by atoms with Crippen molar-refractivity contribution < 1.29 is 4.48 Å². The molecule has 1 aromatic carbocycles. The summed E-state index contributed by atoms with van der Waals surface area (Å²) in [4.78, 5) is 0. The smallest absolute Gasteiger partial charge is 0.104 e. The highest BCUT2D eigenvalue weighted by Gasteiger charge is 2.22. The van der Waals surface area contributed by atoms with Crippen molar-refractivity contribution in [3.63, 3.8) is 0 Å². The Morgan fingerprint density at radius 2 is 0.844 bits per heavy atom. The van der Waals surface area contributed by atoms with Gasteiger partial charge in [0.15, 0.2) is 0 Å². The zero-order valence-corrected chi connectivity index (χ0v) is 22.4. The monoisotopic (exact) mass is 444 g/mol. The SMILES string of the molecule is CCCCCCCCCCCCCCCCCCCC[N+](CC)(CC)Cc1ccccc1. The van der Waals surface area contributed by atoms with E-state index in [2.05, 4.69) is 51.1 Å². The van der Waals surface area contributed by atoms with Crippen LogP contribution in [-0.2, 0) is 6.54 Å². The van der Waals surface area contributed by atoms with Gasteiger partial charge in [-0.15, -0.1) is 0 Å². The van der Waals surface area contributed by atoms with Gasteiger partial charge >= 0.3 is 0 Å².